The van der Waals surface area contributed by atoms with Crippen molar-refractivity contribution in [3.05, 3.63) is 77.5 Å². The second kappa shape index (κ2) is 9.87. The first kappa shape index (κ1) is 21.9. The van der Waals surface area contributed by atoms with Crippen LogP contribution in [0.1, 0.15) is 28.0 Å². The lowest BCUT2D eigenvalue weighted by Crippen LogP contribution is -2.32. The Balaban J connectivity index is 1.62. The number of ether oxygens (including phenoxy) is 1. The van der Waals surface area contributed by atoms with Gasteiger partial charge in [0.05, 0.1) is 5.83 Å². The van der Waals surface area contributed by atoms with Gasteiger partial charge in [-0.3, -0.25) is 9.78 Å². The molecule has 1 amide bonds. The number of fused-ring (bicyclic) bond motifs is 1. The highest BCUT2D eigenvalue weighted by Crippen LogP contribution is 2.33. The summed E-state index contributed by atoms with van der Waals surface area (Å²) in [4.78, 5) is 23.8. The van der Waals surface area contributed by atoms with E-state index in [9.17, 15) is 9.18 Å². The predicted molar refractivity (Wildman–Crippen MR) is 122 cm³/mol. The first-order chi connectivity index (χ1) is 15.5. The molecule has 0 bridgehead atoms. The molecule has 0 spiro atoms. The zero-order chi connectivity index (χ0) is 22.5. The summed E-state index contributed by atoms with van der Waals surface area (Å²) in [6.45, 7) is 1.50. The van der Waals surface area contributed by atoms with Crippen LogP contribution in [0.3, 0.4) is 0 Å². The second-order valence-corrected chi connectivity index (χ2v) is 8.28. The Labute approximate surface area is 187 Å². The fraction of sp³-hybridized carbons (Fsp3) is 0.320. The van der Waals surface area contributed by atoms with E-state index < -0.39 is 0 Å². The van der Waals surface area contributed by atoms with E-state index >= 15 is 0 Å². The molecule has 166 valence electrons. The molecular formula is C25H27FN4O2. The smallest absolute Gasteiger partial charge is 0.273 e. The highest BCUT2D eigenvalue weighted by Gasteiger charge is 2.23. The molecule has 0 fully saturated rings. The van der Waals surface area contributed by atoms with Gasteiger partial charge < -0.3 is 15.0 Å². The Morgan fingerprint density at radius 1 is 1.19 bits per heavy atom. The van der Waals surface area contributed by atoms with E-state index in [0.717, 1.165) is 22.9 Å². The van der Waals surface area contributed by atoms with E-state index in [2.05, 4.69) is 15.3 Å². The SMILES string of the molecule is CN(C)CCNC(=O)c1ncc2cc(C[C@@H]3CC=C3F)cnc2c1OCc1ccccc1. The first-order valence-electron chi connectivity index (χ1n) is 10.7. The molecule has 2 aromatic heterocycles. The van der Waals surface area contributed by atoms with Crippen molar-refractivity contribution in [2.24, 2.45) is 5.92 Å². The second-order valence-electron chi connectivity index (χ2n) is 8.28. The number of nitrogens with one attached hydrogen (secondary N) is 1. The Morgan fingerprint density at radius 2 is 2.00 bits per heavy atom. The molecule has 7 heteroatoms. The van der Waals surface area contributed by atoms with Crippen molar-refractivity contribution in [3.63, 3.8) is 0 Å². The number of rotatable bonds is 9. The van der Waals surface area contributed by atoms with Crippen LogP contribution in [0.2, 0.25) is 0 Å². The fourth-order valence-electron chi connectivity index (χ4n) is 3.58. The van der Waals surface area contributed by atoms with Crippen molar-refractivity contribution in [3.8, 4) is 5.75 Å². The van der Waals surface area contributed by atoms with E-state index in [1.54, 1.807) is 18.5 Å². The Bertz CT molecular complexity index is 1130. The average Bonchev–Trinajstić information content (AvgIpc) is 2.80. The number of hydrogen-bond acceptors (Lipinski definition) is 5. The number of likely N-dealkylation sites (N-methyl/N-ethyl adjacent to an activating group) is 1. The lowest BCUT2D eigenvalue weighted by atomic mass is 9.87. The minimum atomic E-state index is -0.302. The lowest BCUT2D eigenvalue weighted by molar-refractivity contribution is 0.0941. The van der Waals surface area contributed by atoms with Gasteiger partial charge in [0, 0.05) is 36.8 Å². The third-order valence-electron chi connectivity index (χ3n) is 5.49. The van der Waals surface area contributed by atoms with Crippen LogP contribution in [0.4, 0.5) is 4.39 Å². The van der Waals surface area contributed by atoms with Crippen LogP contribution < -0.4 is 10.1 Å². The molecule has 0 saturated heterocycles. The molecule has 3 aromatic rings. The van der Waals surface area contributed by atoms with E-state index in [0.29, 0.717) is 37.4 Å². The van der Waals surface area contributed by atoms with Gasteiger partial charge in [-0.15, -0.1) is 0 Å². The molecule has 0 aliphatic heterocycles. The molecule has 32 heavy (non-hydrogen) atoms. The van der Waals surface area contributed by atoms with Crippen LogP contribution >= 0.6 is 0 Å². The van der Waals surface area contributed by atoms with Crippen LogP contribution in [0.25, 0.3) is 10.9 Å². The van der Waals surface area contributed by atoms with Gasteiger partial charge in [-0.2, -0.15) is 0 Å². The van der Waals surface area contributed by atoms with Crippen LogP contribution in [-0.2, 0) is 13.0 Å². The summed E-state index contributed by atoms with van der Waals surface area (Å²) in [5.41, 5.74) is 2.69. The van der Waals surface area contributed by atoms with E-state index in [-0.39, 0.29) is 23.3 Å². The Kier molecular flexibility index (Phi) is 6.75. The third-order valence-corrected chi connectivity index (χ3v) is 5.49. The van der Waals surface area contributed by atoms with Gasteiger partial charge in [-0.1, -0.05) is 36.4 Å². The van der Waals surface area contributed by atoms with Crippen molar-refractivity contribution < 1.29 is 13.9 Å². The van der Waals surface area contributed by atoms with Gasteiger partial charge in [-0.25, -0.2) is 9.37 Å². The van der Waals surface area contributed by atoms with Crippen molar-refractivity contribution in [2.45, 2.75) is 19.4 Å². The number of benzene rings is 1. The summed E-state index contributed by atoms with van der Waals surface area (Å²) in [6.07, 6.45) is 6.32. The summed E-state index contributed by atoms with van der Waals surface area (Å²) < 4.78 is 19.7. The van der Waals surface area contributed by atoms with Crippen molar-refractivity contribution >= 4 is 16.8 Å². The molecule has 1 N–H and O–H groups in total. The lowest BCUT2D eigenvalue weighted by Gasteiger charge is -2.21. The van der Waals surface area contributed by atoms with Gasteiger partial charge in [0.25, 0.3) is 5.91 Å². The zero-order valence-electron chi connectivity index (χ0n) is 18.3. The van der Waals surface area contributed by atoms with Gasteiger partial charge in [-0.05, 0) is 44.1 Å². The van der Waals surface area contributed by atoms with Crippen molar-refractivity contribution in [1.29, 1.82) is 0 Å². The van der Waals surface area contributed by atoms with E-state index in [1.165, 1.54) is 0 Å². The number of carbonyl (C=O) groups excluding carboxylic acids is 1. The summed E-state index contributed by atoms with van der Waals surface area (Å²) in [6, 6.07) is 11.7. The van der Waals surface area contributed by atoms with Crippen molar-refractivity contribution in [1.82, 2.24) is 20.2 Å². The number of aromatic nitrogens is 2. The highest BCUT2D eigenvalue weighted by atomic mass is 19.1. The minimum Gasteiger partial charge on any atom is -0.484 e. The molecule has 0 saturated carbocycles. The number of amides is 1. The zero-order valence-corrected chi connectivity index (χ0v) is 18.3. The van der Waals surface area contributed by atoms with Crippen LogP contribution in [0, 0.1) is 5.92 Å². The quantitative estimate of drug-likeness (QED) is 0.553. The molecule has 2 heterocycles. The maximum absolute atomic E-state index is 13.6. The number of carbonyl (C=O) groups is 1. The monoisotopic (exact) mass is 434 g/mol. The van der Waals surface area contributed by atoms with E-state index in [4.69, 9.17) is 4.74 Å². The molecule has 1 aliphatic rings. The first-order valence-corrected chi connectivity index (χ1v) is 10.7. The number of hydrogen-bond donors (Lipinski definition) is 1. The summed E-state index contributed by atoms with van der Waals surface area (Å²) in [5.74, 6) is -0.0723. The molecule has 4 rings (SSSR count). The van der Waals surface area contributed by atoms with Crippen LogP contribution in [-0.4, -0.2) is 48.0 Å². The molecule has 0 unspecified atom stereocenters. The van der Waals surface area contributed by atoms with Gasteiger partial charge in [0.2, 0.25) is 0 Å². The standard InChI is InChI=1S/C25H27FN4O2/c1-30(2)11-10-27-25(31)23-24(32-16-17-6-4-3-5-7-17)22-20(15-29-23)13-18(14-28-22)12-19-8-9-21(19)26/h3-7,9,13-15,19H,8,10-12,16H2,1-2H3,(H,27,31)/t19-/m0/s1. The largest absolute Gasteiger partial charge is 0.484 e. The highest BCUT2D eigenvalue weighted by molar-refractivity contribution is 6.00. The molecular weight excluding hydrogens is 407 g/mol. The van der Waals surface area contributed by atoms with Crippen LogP contribution in [0.5, 0.6) is 5.75 Å². The van der Waals surface area contributed by atoms with Gasteiger partial charge >= 0.3 is 0 Å². The number of halogens is 1. The Morgan fingerprint density at radius 3 is 2.69 bits per heavy atom. The van der Waals surface area contributed by atoms with Crippen molar-refractivity contribution in [2.75, 3.05) is 27.2 Å². The summed E-state index contributed by atoms with van der Waals surface area (Å²) in [7, 11) is 3.89. The Hall–Kier alpha value is -3.32. The number of nitrogens with zero attached hydrogens (tertiary/aromatic N) is 3. The van der Waals surface area contributed by atoms with E-state index in [1.807, 2.05) is 55.4 Å². The topological polar surface area (TPSA) is 67.4 Å². The molecule has 0 radical (unpaired) electrons. The summed E-state index contributed by atoms with van der Waals surface area (Å²) >= 11 is 0. The average molecular weight is 435 g/mol. The minimum absolute atomic E-state index is 0.0557. The molecule has 1 atom stereocenters. The number of pyridine rings is 2. The molecule has 1 aromatic carbocycles. The van der Waals surface area contributed by atoms with Gasteiger partial charge in [0.15, 0.2) is 11.4 Å². The predicted octanol–water partition coefficient (Wildman–Crippen LogP) is 3.92. The summed E-state index contributed by atoms with van der Waals surface area (Å²) in [5, 5.41) is 3.66. The normalized spacial score (nSPS) is 15.4. The fourth-order valence-corrected chi connectivity index (χ4v) is 3.58. The van der Waals surface area contributed by atoms with Gasteiger partial charge in [0.1, 0.15) is 12.1 Å². The third kappa shape index (κ3) is 5.11. The molecule has 1 aliphatic carbocycles. The number of allylic oxidation sites excluding steroid dienone is 2. The maximum Gasteiger partial charge on any atom is 0.273 e. The molecule has 6 nitrogen and oxygen atoms in total. The maximum atomic E-state index is 13.6. The van der Waals surface area contributed by atoms with Crippen LogP contribution in [0.15, 0.2) is 60.7 Å².